The van der Waals surface area contributed by atoms with Gasteiger partial charge in [0.1, 0.15) is 5.02 Å². The van der Waals surface area contributed by atoms with Crippen LogP contribution in [0.4, 0.5) is 0 Å². The summed E-state index contributed by atoms with van der Waals surface area (Å²) in [6.07, 6.45) is 6.30. The van der Waals surface area contributed by atoms with Crippen molar-refractivity contribution < 1.29 is 0 Å². The fraction of sp³-hybridized carbons (Fsp3) is 0.412. The van der Waals surface area contributed by atoms with E-state index in [9.17, 15) is 0 Å². The molecule has 1 aromatic carbocycles. The zero-order valence-electron chi connectivity index (χ0n) is 12.6. The normalized spacial score (nSPS) is 16.5. The second-order valence-electron chi connectivity index (χ2n) is 6.21. The maximum absolute atomic E-state index is 6.56. The Hall–Kier alpha value is -1.81. The van der Waals surface area contributed by atoms with Crippen LogP contribution in [0.5, 0.6) is 0 Å². The molecule has 114 valence electrons. The van der Waals surface area contributed by atoms with E-state index in [0.29, 0.717) is 11.7 Å². The zero-order chi connectivity index (χ0) is 15.1. The molecule has 1 saturated carbocycles. The smallest absolute Gasteiger partial charge is 0.194 e. The highest BCUT2D eigenvalue weighted by atomic mass is 35.5. The minimum absolute atomic E-state index is 0.521. The van der Waals surface area contributed by atoms with Crippen LogP contribution in [0, 0.1) is 6.92 Å². The second kappa shape index (κ2) is 5.43. The Labute approximate surface area is 134 Å². The van der Waals surface area contributed by atoms with Crippen molar-refractivity contribution in [2.75, 3.05) is 0 Å². The van der Waals surface area contributed by atoms with Crippen LogP contribution in [0.1, 0.15) is 49.3 Å². The maximum Gasteiger partial charge on any atom is 0.194 e. The molecule has 0 radical (unpaired) electrons. The van der Waals surface area contributed by atoms with Gasteiger partial charge in [-0.25, -0.2) is 4.98 Å². The number of benzene rings is 1. The molecule has 0 amide bonds. The van der Waals surface area contributed by atoms with Gasteiger partial charge < -0.3 is 0 Å². The molecular formula is C17H19ClN4. The summed E-state index contributed by atoms with van der Waals surface area (Å²) in [4.78, 5) is 4.62. The topological polar surface area (TPSA) is 46.0 Å². The summed E-state index contributed by atoms with van der Waals surface area (Å²) in [5.74, 6) is 1.23. The summed E-state index contributed by atoms with van der Waals surface area (Å²) in [6.45, 7) is 2.07. The van der Waals surface area contributed by atoms with Crippen molar-refractivity contribution in [3.8, 4) is 11.4 Å². The van der Waals surface area contributed by atoms with E-state index in [0.717, 1.165) is 21.9 Å². The van der Waals surface area contributed by atoms with Crippen molar-refractivity contribution in [3.63, 3.8) is 0 Å². The molecule has 0 unspecified atom stereocenters. The first-order valence-electron chi connectivity index (χ1n) is 7.93. The third-order valence-electron chi connectivity index (χ3n) is 4.59. The van der Waals surface area contributed by atoms with Crippen LogP contribution in [0.25, 0.3) is 17.0 Å². The minimum atomic E-state index is 0.521. The van der Waals surface area contributed by atoms with Crippen LogP contribution in [0.3, 0.4) is 0 Å². The SMILES string of the molecule is Cc1ccc(-c2nc3c(Cl)c(C4CCCCC4)[nH]n3n2)cc1. The molecule has 1 fully saturated rings. The molecule has 1 N–H and O–H groups in total. The second-order valence-corrected chi connectivity index (χ2v) is 6.59. The van der Waals surface area contributed by atoms with Crippen LogP contribution in [0.15, 0.2) is 24.3 Å². The third-order valence-corrected chi connectivity index (χ3v) is 4.96. The van der Waals surface area contributed by atoms with E-state index >= 15 is 0 Å². The van der Waals surface area contributed by atoms with Crippen molar-refractivity contribution in [1.29, 1.82) is 0 Å². The maximum atomic E-state index is 6.56. The highest BCUT2D eigenvalue weighted by molar-refractivity contribution is 6.34. The molecule has 0 spiro atoms. The lowest BCUT2D eigenvalue weighted by Gasteiger charge is -2.20. The van der Waals surface area contributed by atoms with E-state index in [1.54, 1.807) is 4.63 Å². The lowest BCUT2D eigenvalue weighted by molar-refractivity contribution is 0.434. The summed E-state index contributed by atoms with van der Waals surface area (Å²) >= 11 is 6.56. The van der Waals surface area contributed by atoms with Crippen molar-refractivity contribution >= 4 is 17.2 Å². The van der Waals surface area contributed by atoms with Crippen LogP contribution in [-0.4, -0.2) is 19.8 Å². The first kappa shape index (κ1) is 13.8. The summed E-state index contributed by atoms with van der Waals surface area (Å²) in [6, 6.07) is 8.22. The number of aryl methyl sites for hydroxylation is 1. The predicted octanol–water partition coefficient (Wildman–Crippen LogP) is 4.73. The van der Waals surface area contributed by atoms with Crippen LogP contribution in [-0.2, 0) is 0 Å². The number of hydrogen-bond donors (Lipinski definition) is 1. The van der Waals surface area contributed by atoms with Gasteiger partial charge >= 0.3 is 0 Å². The van der Waals surface area contributed by atoms with E-state index in [1.807, 2.05) is 12.1 Å². The molecule has 4 rings (SSSR count). The van der Waals surface area contributed by atoms with E-state index in [2.05, 4.69) is 34.2 Å². The van der Waals surface area contributed by atoms with Crippen molar-refractivity contribution in [2.24, 2.45) is 0 Å². The van der Waals surface area contributed by atoms with Crippen molar-refractivity contribution in [3.05, 3.63) is 40.5 Å². The fourth-order valence-electron chi connectivity index (χ4n) is 3.30. The standard InChI is InChI=1S/C17H19ClN4/c1-11-7-9-13(10-8-11)16-19-17-14(18)15(20-22(17)21-16)12-5-3-2-4-6-12/h7-10,12,20H,2-6H2,1H3. The van der Waals surface area contributed by atoms with Gasteiger partial charge in [0, 0.05) is 11.5 Å². The van der Waals surface area contributed by atoms with Crippen LogP contribution in [0.2, 0.25) is 5.02 Å². The number of halogens is 1. The number of nitrogens with zero attached hydrogens (tertiary/aromatic N) is 3. The Balaban J connectivity index is 1.72. The Morgan fingerprint density at radius 3 is 2.55 bits per heavy atom. The first-order valence-corrected chi connectivity index (χ1v) is 8.31. The Kier molecular flexibility index (Phi) is 3.41. The number of nitrogens with one attached hydrogen (secondary N) is 1. The number of hydrogen-bond acceptors (Lipinski definition) is 2. The number of aromatic amines is 1. The molecule has 2 heterocycles. The van der Waals surface area contributed by atoms with Gasteiger partial charge in [0.2, 0.25) is 0 Å². The number of aromatic nitrogens is 4. The molecule has 4 nitrogen and oxygen atoms in total. The molecule has 22 heavy (non-hydrogen) atoms. The van der Waals surface area contributed by atoms with Crippen molar-refractivity contribution in [1.82, 2.24) is 19.8 Å². The fourth-order valence-corrected chi connectivity index (χ4v) is 3.62. The average Bonchev–Trinajstić information content (AvgIpc) is 3.09. The molecule has 5 heteroatoms. The molecule has 1 aliphatic rings. The van der Waals surface area contributed by atoms with E-state index in [1.165, 1.54) is 37.7 Å². The Morgan fingerprint density at radius 2 is 1.86 bits per heavy atom. The van der Waals surface area contributed by atoms with E-state index < -0.39 is 0 Å². The zero-order valence-corrected chi connectivity index (χ0v) is 13.4. The van der Waals surface area contributed by atoms with E-state index in [-0.39, 0.29) is 0 Å². The van der Waals surface area contributed by atoms with Crippen LogP contribution >= 0.6 is 11.6 Å². The molecule has 3 aromatic rings. The summed E-state index contributed by atoms with van der Waals surface area (Å²) < 4.78 is 1.72. The molecule has 0 bridgehead atoms. The number of fused-ring (bicyclic) bond motifs is 1. The average molecular weight is 315 g/mol. The number of H-pyrrole nitrogens is 1. The van der Waals surface area contributed by atoms with Gasteiger partial charge in [0.25, 0.3) is 0 Å². The van der Waals surface area contributed by atoms with Gasteiger partial charge in [-0.3, -0.25) is 5.10 Å². The predicted molar refractivity (Wildman–Crippen MR) is 88.3 cm³/mol. The van der Waals surface area contributed by atoms with Gasteiger partial charge in [-0.2, -0.15) is 4.63 Å². The first-order chi connectivity index (χ1) is 10.7. The molecule has 0 saturated heterocycles. The molecule has 0 aliphatic heterocycles. The van der Waals surface area contributed by atoms with Gasteiger partial charge in [0.15, 0.2) is 11.5 Å². The largest absolute Gasteiger partial charge is 0.278 e. The molecule has 0 atom stereocenters. The van der Waals surface area contributed by atoms with Gasteiger partial charge in [0.05, 0.1) is 5.69 Å². The molecular weight excluding hydrogens is 296 g/mol. The molecule has 1 aliphatic carbocycles. The van der Waals surface area contributed by atoms with Crippen LogP contribution < -0.4 is 0 Å². The third kappa shape index (κ3) is 2.31. The minimum Gasteiger partial charge on any atom is -0.278 e. The highest BCUT2D eigenvalue weighted by Gasteiger charge is 2.23. The highest BCUT2D eigenvalue weighted by Crippen LogP contribution is 2.37. The lowest BCUT2D eigenvalue weighted by atomic mass is 9.87. The Bertz CT molecular complexity index is 794. The Morgan fingerprint density at radius 1 is 1.14 bits per heavy atom. The monoisotopic (exact) mass is 314 g/mol. The van der Waals surface area contributed by atoms with Gasteiger partial charge in [-0.1, -0.05) is 60.7 Å². The molecule has 2 aromatic heterocycles. The van der Waals surface area contributed by atoms with Gasteiger partial charge in [-0.05, 0) is 19.8 Å². The lowest BCUT2D eigenvalue weighted by Crippen LogP contribution is -2.06. The summed E-state index contributed by atoms with van der Waals surface area (Å²) in [7, 11) is 0. The number of rotatable bonds is 2. The van der Waals surface area contributed by atoms with E-state index in [4.69, 9.17) is 11.6 Å². The summed E-state index contributed by atoms with van der Waals surface area (Å²) in [5, 5.41) is 8.63. The quantitative estimate of drug-likeness (QED) is 0.743. The van der Waals surface area contributed by atoms with Crippen molar-refractivity contribution in [2.45, 2.75) is 44.9 Å². The summed E-state index contributed by atoms with van der Waals surface area (Å²) in [5.41, 5.74) is 4.08. The van der Waals surface area contributed by atoms with Gasteiger partial charge in [-0.15, -0.1) is 5.10 Å².